The van der Waals surface area contributed by atoms with Gasteiger partial charge in [0.05, 0.1) is 17.5 Å². The van der Waals surface area contributed by atoms with E-state index in [-0.39, 0.29) is 5.82 Å². The Balaban J connectivity index is 1.61. The summed E-state index contributed by atoms with van der Waals surface area (Å²) in [6.07, 6.45) is 2.40. The standard InChI is InChI=1S/C20H17FN4O/c21-16-8-2-4-10-18(16)24-20-23-17-9-3-1-7-15(17)19(25-20)22-12-11-14-6-5-13-26-14/h1-10,13H,11-12H2,(H2,22,23,24,25). The Kier molecular flexibility index (Phi) is 4.47. The second-order valence-electron chi connectivity index (χ2n) is 5.77. The van der Waals surface area contributed by atoms with Crippen LogP contribution in [0.3, 0.4) is 0 Å². The summed E-state index contributed by atoms with van der Waals surface area (Å²) in [5, 5.41) is 7.18. The van der Waals surface area contributed by atoms with E-state index >= 15 is 0 Å². The molecule has 130 valence electrons. The molecule has 0 saturated carbocycles. The van der Waals surface area contributed by atoms with Crippen LogP contribution in [-0.2, 0) is 6.42 Å². The predicted octanol–water partition coefficient (Wildman–Crippen LogP) is 4.76. The molecule has 0 fully saturated rings. The molecule has 0 aliphatic carbocycles. The van der Waals surface area contributed by atoms with Gasteiger partial charge in [0.2, 0.25) is 5.95 Å². The van der Waals surface area contributed by atoms with Gasteiger partial charge in [0.25, 0.3) is 0 Å². The summed E-state index contributed by atoms with van der Waals surface area (Å²) in [5.41, 5.74) is 1.12. The quantitative estimate of drug-likeness (QED) is 0.526. The van der Waals surface area contributed by atoms with Gasteiger partial charge in [0, 0.05) is 18.4 Å². The van der Waals surface area contributed by atoms with Crippen molar-refractivity contribution in [2.24, 2.45) is 0 Å². The van der Waals surface area contributed by atoms with Crippen molar-refractivity contribution in [3.63, 3.8) is 0 Å². The Hall–Kier alpha value is -3.41. The molecule has 2 aromatic carbocycles. The largest absolute Gasteiger partial charge is 0.469 e. The molecule has 4 rings (SSSR count). The highest BCUT2D eigenvalue weighted by Gasteiger charge is 2.09. The first-order valence-electron chi connectivity index (χ1n) is 8.34. The molecule has 2 N–H and O–H groups in total. The number of anilines is 3. The number of fused-ring (bicyclic) bond motifs is 1. The normalized spacial score (nSPS) is 10.8. The molecule has 0 aliphatic heterocycles. The summed E-state index contributed by atoms with van der Waals surface area (Å²) in [6, 6.07) is 18.0. The lowest BCUT2D eigenvalue weighted by Gasteiger charge is -2.12. The second kappa shape index (κ2) is 7.23. The van der Waals surface area contributed by atoms with Crippen molar-refractivity contribution in [1.82, 2.24) is 9.97 Å². The van der Waals surface area contributed by atoms with Gasteiger partial charge in [-0.05, 0) is 36.4 Å². The molecule has 0 aliphatic rings. The Morgan fingerprint density at radius 3 is 2.62 bits per heavy atom. The average molecular weight is 348 g/mol. The lowest BCUT2D eigenvalue weighted by atomic mass is 10.2. The van der Waals surface area contributed by atoms with E-state index in [0.29, 0.717) is 24.0 Å². The van der Waals surface area contributed by atoms with E-state index in [2.05, 4.69) is 20.6 Å². The Morgan fingerprint density at radius 1 is 0.923 bits per heavy atom. The number of rotatable bonds is 6. The summed E-state index contributed by atoms with van der Waals surface area (Å²) in [4.78, 5) is 9.01. The minimum Gasteiger partial charge on any atom is -0.469 e. The third-order valence-corrected chi connectivity index (χ3v) is 3.97. The number of hydrogen-bond donors (Lipinski definition) is 2. The maximum atomic E-state index is 13.9. The second-order valence-corrected chi connectivity index (χ2v) is 5.77. The van der Waals surface area contributed by atoms with E-state index in [4.69, 9.17) is 4.42 Å². The lowest BCUT2D eigenvalue weighted by Crippen LogP contribution is -2.09. The van der Waals surface area contributed by atoms with E-state index in [1.165, 1.54) is 6.07 Å². The number of para-hydroxylation sites is 2. The van der Waals surface area contributed by atoms with Crippen LogP contribution in [0.4, 0.5) is 21.8 Å². The minimum atomic E-state index is -0.350. The highest BCUT2D eigenvalue weighted by molar-refractivity contribution is 5.90. The summed E-state index contributed by atoms with van der Waals surface area (Å²) >= 11 is 0. The minimum absolute atomic E-state index is 0.337. The van der Waals surface area contributed by atoms with E-state index in [1.807, 2.05) is 36.4 Å². The van der Waals surface area contributed by atoms with E-state index in [9.17, 15) is 4.39 Å². The molecule has 0 radical (unpaired) electrons. The number of aromatic nitrogens is 2. The zero-order chi connectivity index (χ0) is 17.8. The lowest BCUT2D eigenvalue weighted by molar-refractivity contribution is 0.513. The molecule has 4 aromatic rings. The zero-order valence-corrected chi connectivity index (χ0v) is 13.9. The van der Waals surface area contributed by atoms with Crippen LogP contribution in [0.25, 0.3) is 10.9 Å². The number of halogens is 1. The van der Waals surface area contributed by atoms with Gasteiger partial charge in [-0.1, -0.05) is 24.3 Å². The Morgan fingerprint density at radius 2 is 1.77 bits per heavy atom. The maximum Gasteiger partial charge on any atom is 0.229 e. The van der Waals surface area contributed by atoms with Crippen LogP contribution in [-0.4, -0.2) is 16.5 Å². The van der Waals surface area contributed by atoms with Crippen molar-refractivity contribution in [3.8, 4) is 0 Å². The van der Waals surface area contributed by atoms with Gasteiger partial charge >= 0.3 is 0 Å². The Labute approximate surface area is 149 Å². The third kappa shape index (κ3) is 3.49. The molecular weight excluding hydrogens is 331 g/mol. The molecule has 0 amide bonds. The first kappa shape index (κ1) is 16.1. The number of benzene rings is 2. The van der Waals surface area contributed by atoms with Crippen LogP contribution in [0.5, 0.6) is 0 Å². The van der Waals surface area contributed by atoms with Gasteiger partial charge in [-0.3, -0.25) is 0 Å². The van der Waals surface area contributed by atoms with Gasteiger partial charge in [-0.25, -0.2) is 9.37 Å². The number of hydrogen-bond acceptors (Lipinski definition) is 5. The van der Waals surface area contributed by atoms with E-state index < -0.39 is 0 Å². The highest BCUT2D eigenvalue weighted by atomic mass is 19.1. The van der Waals surface area contributed by atoms with Crippen molar-refractivity contribution in [2.45, 2.75) is 6.42 Å². The molecule has 5 nitrogen and oxygen atoms in total. The van der Waals surface area contributed by atoms with Crippen molar-refractivity contribution in [1.29, 1.82) is 0 Å². The first-order chi connectivity index (χ1) is 12.8. The molecule has 26 heavy (non-hydrogen) atoms. The van der Waals surface area contributed by atoms with Gasteiger partial charge < -0.3 is 15.1 Å². The topological polar surface area (TPSA) is 63.0 Å². The third-order valence-electron chi connectivity index (χ3n) is 3.97. The van der Waals surface area contributed by atoms with Crippen LogP contribution in [0.2, 0.25) is 0 Å². The first-order valence-corrected chi connectivity index (χ1v) is 8.34. The van der Waals surface area contributed by atoms with Crippen molar-refractivity contribution in [3.05, 3.63) is 78.5 Å². The molecule has 0 unspecified atom stereocenters. The zero-order valence-electron chi connectivity index (χ0n) is 13.9. The van der Waals surface area contributed by atoms with Crippen LogP contribution in [0, 0.1) is 5.82 Å². The monoisotopic (exact) mass is 348 g/mol. The summed E-state index contributed by atoms with van der Waals surface area (Å²) in [7, 11) is 0. The van der Waals surface area contributed by atoms with E-state index in [1.54, 1.807) is 24.5 Å². The average Bonchev–Trinajstić information content (AvgIpc) is 3.17. The molecule has 0 spiro atoms. The highest BCUT2D eigenvalue weighted by Crippen LogP contribution is 2.24. The van der Waals surface area contributed by atoms with Crippen LogP contribution < -0.4 is 10.6 Å². The van der Waals surface area contributed by atoms with E-state index in [0.717, 1.165) is 23.1 Å². The van der Waals surface area contributed by atoms with Crippen molar-refractivity contribution >= 4 is 28.4 Å². The predicted molar refractivity (Wildman–Crippen MR) is 100 cm³/mol. The SMILES string of the molecule is Fc1ccccc1Nc1nc(NCCc2ccco2)c2ccccc2n1. The van der Waals surface area contributed by atoms with Crippen LogP contribution in [0.15, 0.2) is 71.3 Å². The summed E-state index contributed by atoms with van der Waals surface area (Å²) in [6.45, 7) is 0.660. The van der Waals surface area contributed by atoms with Gasteiger partial charge in [-0.15, -0.1) is 0 Å². The molecule has 0 saturated heterocycles. The summed E-state index contributed by atoms with van der Waals surface area (Å²) in [5.74, 6) is 1.59. The molecular formula is C20H17FN4O. The van der Waals surface area contributed by atoms with Gasteiger partial charge in [0.15, 0.2) is 0 Å². The number of nitrogens with zero attached hydrogens (tertiary/aromatic N) is 2. The van der Waals surface area contributed by atoms with Gasteiger partial charge in [-0.2, -0.15) is 4.98 Å². The molecule has 6 heteroatoms. The fourth-order valence-corrected chi connectivity index (χ4v) is 2.71. The molecule has 2 heterocycles. The summed E-state index contributed by atoms with van der Waals surface area (Å²) < 4.78 is 19.3. The Bertz CT molecular complexity index is 1020. The molecule has 0 bridgehead atoms. The van der Waals surface area contributed by atoms with Crippen molar-refractivity contribution in [2.75, 3.05) is 17.2 Å². The van der Waals surface area contributed by atoms with Crippen LogP contribution in [0.1, 0.15) is 5.76 Å². The fraction of sp³-hybridized carbons (Fsp3) is 0.100. The number of nitrogens with one attached hydrogen (secondary N) is 2. The van der Waals surface area contributed by atoms with Gasteiger partial charge in [0.1, 0.15) is 17.4 Å². The fourth-order valence-electron chi connectivity index (χ4n) is 2.71. The number of furan rings is 1. The van der Waals surface area contributed by atoms with Crippen LogP contribution >= 0.6 is 0 Å². The van der Waals surface area contributed by atoms with Crippen molar-refractivity contribution < 1.29 is 8.81 Å². The smallest absolute Gasteiger partial charge is 0.229 e. The molecule has 0 atom stereocenters. The molecule has 2 aromatic heterocycles. The maximum absolute atomic E-state index is 13.9.